The Hall–Kier alpha value is -2.29. The van der Waals surface area contributed by atoms with Crippen molar-refractivity contribution in [2.45, 2.75) is 56.8 Å². The Balaban J connectivity index is 1.30. The smallest absolute Gasteiger partial charge is 0.272 e. The van der Waals surface area contributed by atoms with Crippen LogP contribution in [0.25, 0.3) is 0 Å². The van der Waals surface area contributed by atoms with Gasteiger partial charge in [0.05, 0.1) is 19.6 Å². The van der Waals surface area contributed by atoms with Crippen LogP contribution >= 0.6 is 0 Å². The highest BCUT2D eigenvalue weighted by atomic mass is 16.2. The van der Waals surface area contributed by atoms with E-state index in [0.717, 1.165) is 50.3 Å². The Morgan fingerprint density at radius 1 is 1.15 bits per heavy atom. The Labute approximate surface area is 151 Å². The van der Waals surface area contributed by atoms with E-state index < -0.39 is 0 Å². The van der Waals surface area contributed by atoms with Crippen molar-refractivity contribution in [1.82, 2.24) is 39.8 Å². The SMILES string of the molecule is Cn1nnc(CN2CC3CCC2CN3C(=O)c2ccnn2C2CCC2)n1. The van der Waals surface area contributed by atoms with Crippen molar-refractivity contribution >= 4 is 5.91 Å². The zero-order valence-corrected chi connectivity index (χ0v) is 15.0. The van der Waals surface area contributed by atoms with E-state index in [1.165, 1.54) is 11.2 Å². The number of piperidine rings is 2. The van der Waals surface area contributed by atoms with E-state index in [2.05, 4.69) is 30.3 Å². The first-order valence-electron chi connectivity index (χ1n) is 9.50. The molecule has 4 fully saturated rings. The molecule has 9 nitrogen and oxygen atoms in total. The minimum Gasteiger partial charge on any atom is -0.331 e. The fourth-order valence-electron chi connectivity index (χ4n) is 4.48. The van der Waals surface area contributed by atoms with Crippen LogP contribution in [-0.2, 0) is 13.6 Å². The van der Waals surface area contributed by atoms with Gasteiger partial charge in [-0.25, -0.2) is 0 Å². The third-order valence-corrected chi connectivity index (χ3v) is 6.11. The van der Waals surface area contributed by atoms with Crippen LogP contribution in [-0.4, -0.2) is 70.9 Å². The molecule has 4 aliphatic rings. The largest absolute Gasteiger partial charge is 0.331 e. The number of fused-ring (bicyclic) bond motifs is 3. The van der Waals surface area contributed by atoms with Gasteiger partial charge in [-0.3, -0.25) is 14.4 Å². The van der Waals surface area contributed by atoms with Crippen LogP contribution in [0.1, 0.15) is 54.5 Å². The minimum atomic E-state index is 0.140. The molecule has 2 unspecified atom stereocenters. The molecule has 1 amide bonds. The highest BCUT2D eigenvalue weighted by Gasteiger charge is 2.42. The Morgan fingerprint density at radius 3 is 2.65 bits per heavy atom. The van der Waals surface area contributed by atoms with E-state index in [4.69, 9.17) is 0 Å². The summed E-state index contributed by atoms with van der Waals surface area (Å²) in [6.45, 7) is 2.36. The average molecular weight is 356 g/mol. The number of carbonyl (C=O) groups excluding carboxylic acids is 1. The maximum Gasteiger partial charge on any atom is 0.272 e. The highest BCUT2D eigenvalue weighted by Crippen LogP contribution is 2.34. The number of piperazine rings is 1. The van der Waals surface area contributed by atoms with E-state index in [0.29, 0.717) is 18.6 Å². The molecule has 1 saturated carbocycles. The van der Waals surface area contributed by atoms with Crippen LogP contribution in [0, 0.1) is 0 Å². The molecule has 5 heterocycles. The van der Waals surface area contributed by atoms with E-state index >= 15 is 0 Å². The predicted octanol–water partition coefficient (Wildman–Crippen LogP) is 0.621. The summed E-state index contributed by atoms with van der Waals surface area (Å²) in [6.07, 6.45) is 7.45. The van der Waals surface area contributed by atoms with Crippen molar-refractivity contribution in [3.05, 3.63) is 23.8 Å². The van der Waals surface area contributed by atoms with Crippen LogP contribution in [0.3, 0.4) is 0 Å². The lowest BCUT2D eigenvalue weighted by Crippen LogP contribution is -2.63. The fourth-order valence-corrected chi connectivity index (χ4v) is 4.48. The van der Waals surface area contributed by atoms with E-state index in [1.807, 2.05) is 10.7 Å². The first-order chi connectivity index (χ1) is 12.7. The zero-order valence-electron chi connectivity index (χ0n) is 15.0. The van der Waals surface area contributed by atoms with Crippen molar-refractivity contribution < 1.29 is 4.79 Å². The quantitative estimate of drug-likeness (QED) is 0.798. The second kappa shape index (κ2) is 6.15. The third kappa shape index (κ3) is 2.61. The van der Waals surface area contributed by atoms with Crippen LogP contribution in [0.4, 0.5) is 0 Å². The lowest BCUT2D eigenvalue weighted by atomic mass is 9.90. The summed E-state index contributed by atoms with van der Waals surface area (Å²) in [4.78, 5) is 19.2. The first kappa shape index (κ1) is 15.9. The zero-order chi connectivity index (χ0) is 17.7. The summed E-state index contributed by atoms with van der Waals surface area (Å²) in [5, 5.41) is 16.7. The van der Waals surface area contributed by atoms with Crippen LogP contribution < -0.4 is 0 Å². The molecule has 2 atom stereocenters. The molecule has 3 saturated heterocycles. The number of carbonyl (C=O) groups is 1. The highest BCUT2D eigenvalue weighted by molar-refractivity contribution is 5.93. The average Bonchev–Trinajstić information content (AvgIpc) is 3.23. The van der Waals surface area contributed by atoms with Gasteiger partial charge in [-0.05, 0) is 43.4 Å². The maximum atomic E-state index is 13.2. The summed E-state index contributed by atoms with van der Waals surface area (Å²) in [6, 6.07) is 2.91. The Kier molecular flexibility index (Phi) is 3.77. The van der Waals surface area contributed by atoms with Crippen molar-refractivity contribution in [2.24, 2.45) is 7.05 Å². The van der Waals surface area contributed by atoms with Crippen LogP contribution in [0.15, 0.2) is 12.3 Å². The van der Waals surface area contributed by atoms with Crippen molar-refractivity contribution in [1.29, 1.82) is 0 Å². The van der Waals surface area contributed by atoms with Gasteiger partial charge in [0.2, 0.25) is 0 Å². The van der Waals surface area contributed by atoms with Gasteiger partial charge in [-0.15, -0.1) is 10.2 Å². The number of hydrogen-bond donors (Lipinski definition) is 0. The molecule has 9 heteroatoms. The molecule has 2 aromatic rings. The standard InChI is InChI=1S/C17H24N8O/c1-22-20-16(19-21-22)11-23-9-14-6-5-13(23)10-24(14)17(26)15-7-8-18-25(15)12-3-2-4-12/h7-8,12-14H,2-6,9-11H2,1H3. The van der Waals surface area contributed by atoms with Gasteiger partial charge in [-0.2, -0.15) is 9.90 Å². The first-order valence-corrected chi connectivity index (χ1v) is 9.50. The van der Waals surface area contributed by atoms with Crippen LogP contribution in [0.2, 0.25) is 0 Å². The number of hydrogen-bond acceptors (Lipinski definition) is 6. The van der Waals surface area contributed by atoms with Gasteiger partial charge < -0.3 is 4.90 Å². The van der Waals surface area contributed by atoms with Crippen LogP contribution in [0.5, 0.6) is 0 Å². The van der Waals surface area contributed by atoms with E-state index in [1.54, 1.807) is 13.2 Å². The number of aromatic nitrogens is 6. The summed E-state index contributed by atoms with van der Waals surface area (Å²) in [7, 11) is 1.78. The Bertz CT molecular complexity index is 809. The maximum absolute atomic E-state index is 13.2. The molecule has 0 aromatic carbocycles. The molecule has 0 spiro atoms. The normalized spacial score (nSPS) is 26.3. The van der Waals surface area contributed by atoms with Gasteiger partial charge in [0.1, 0.15) is 5.69 Å². The summed E-state index contributed by atoms with van der Waals surface area (Å²) in [5.41, 5.74) is 0.754. The molecule has 1 aliphatic carbocycles. The number of rotatable bonds is 4. The van der Waals surface area contributed by atoms with E-state index in [-0.39, 0.29) is 11.9 Å². The molecule has 0 radical (unpaired) electrons. The third-order valence-electron chi connectivity index (χ3n) is 6.11. The molecule has 3 aliphatic heterocycles. The van der Waals surface area contributed by atoms with Gasteiger partial charge in [-0.1, -0.05) is 0 Å². The van der Waals surface area contributed by atoms with Crippen molar-refractivity contribution in [3.63, 3.8) is 0 Å². The lowest BCUT2D eigenvalue weighted by Gasteiger charge is -2.51. The topological polar surface area (TPSA) is 85.0 Å². The molecule has 6 rings (SSSR count). The van der Waals surface area contributed by atoms with Gasteiger partial charge in [0.25, 0.3) is 5.91 Å². The number of amides is 1. The summed E-state index contributed by atoms with van der Waals surface area (Å²) >= 11 is 0. The van der Waals surface area contributed by atoms with Crippen molar-refractivity contribution in [2.75, 3.05) is 13.1 Å². The Morgan fingerprint density at radius 2 is 2.00 bits per heavy atom. The predicted molar refractivity (Wildman–Crippen MR) is 92.2 cm³/mol. The second-order valence-corrected chi connectivity index (χ2v) is 7.71. The van der Waals surface area contributed by atoms with Gasteiger partial charge in [0, 0.05) is 31.4 Å². The molecular weight excluding hydrogens is 332 g/mol. The lowest BCUT2D eigenvalue weighted by molar-refractivity contribution is -0.0172. The molecule has 2 aromatic heterocycles. The summed E-state index contributed by atoms with van der Waals surface area (Å²) in [5.74, 6) is 0.891. The fraction of sp³-hybridized carbons (Fsp3) is 0.706. The van der Waals surface area contributed by atoms with Gasteiger partial charge in [0.15, 0.2) is 5.82 Å². The number of nitrogens with zero attached hydrogens (tertiary/aromatic N) is 8. The molecule has 2 bridgehead atoms. The monoisotopic (exact) mass is 356 g/mol. The molecule has 138 valence electrons. The molecule has 0 N–H and O–H groups in total. The number of aryl methyl sites for hydroxylation is 1. The minimum absolute atomic E-state index is 0.140. The molecular formula is C17H24N8O. The molecule has 26 heavy (non-hydrogen) atoms. The second-order valence-electron chi connectivity index (χ2n) is 7.71. The summed E-state index contributed by atoms with van der Waals surface area (Å²) < 4.78 is 1.95. The number of tetrazole rings is 1. The van der Waals surface area contributed by atoms with Crippen molar-refractivity contribution in [3.8, 4) is 0 Å². The van der Waals surface area contributed by atoms with E-state index in [9.17, 15) is 4.79 Å². The van der Waals surface area contributed by atoms with Gasteiger partial charge >= 0.3 is 0 Å².